The third-order valence-electron chi connectivity index (χ3n) is 5.91. The molecule has 1 N–H and O–H groups in total. The predicted molar refractivity (Wildman–Crippen MR) is 132 cm³/mol. The van der Waals surface area contributed by atoms with Crippen molar-refractivity contribution >= 4 is 17.2 Å². The first kappa shape index (κ1) is 25.3. The monoisotopic (exact) mass is 470 g/mol. The van der Waals surface area contributed by atoms with Crippen molar-refractivity contribution in [2.24, 2.45) is 0 Å². The van der Waals surface area contributed by atoms with Gasteiger partial charge in [0, 0.05) is 18.0 Å². The molecule has 3 rings (SSSR count). The van der Waals surface area contributed by atoms with Crippen LogP contribution in [0.5, 0.6) is 5.75 Å². The summed E-state index contributed by atoms with van der Waals surface area (Å²) in [5, 5.41) is 12.3. The highest BCUT2D eigenvalue weighted by Crippen LogP contribution is 2.34. The number of nitrogens with zero attached hydrogens (tertiary/aromatic N) is 2. The number of thiophene rings is 1. The van der Waals surface area contributed by atoms with E-state index in [1.54, 1.807) is 11.3 Å². The van der Waals surface area contributed by atoms with Crippen molar-refractivity contribution in [3.63, 3.8) is 0 Å². The summed E-state index contributed by atoms with van der Waals surface area (Å²) in [6.45, 7) is 8.73. The van der Waals surface area contributed by atoms with E-state index in [0.29, 0.717) is 26.2 Å². The van der Waals surface area contributed by atoms with Gasteiger partial charge in [0.05, 0.1) is 25.3 Å². The minimum atomic E-state index is -0.695. The molecular formula is C26H34N2O4S. The summed E-state index contributed by atoms with van der Waals surface area (Å²) >= 11 is 1.74. The molecule has 33 heavy (non-hydrogen) atoms. The molecule has 0 radical (unpaired) electrons. The van der Waals surface area contributed by atoms with Crippen LogP contribution in [0.1, 0.15) is 34.5 Å². The zero-order valence-corrected chi connectivity index (χ0v) is 20.6. The lowest BCUT2D eigenvalue weighted by atomic mass is 10.00. The Kier molecular flexibility index (Phi) is 9.33. The number of fused-ring (bicyclic) bond motifs is 1. The summed E-state index contributed by atoms with van der Waals surface area (Å²) in [4.78, 5) is 18.6. The number of carbonyl (C=O) groups is 1. The van der Waals surface area contributed by atoms with E-state index >= 15 is 0 Å². The van der Waals surface area contributed by atoms with E-state index in [9.17, 15) is 9.90 Å². The van der Waals surface area contributed by atoms with Crippen molar-refractivity contribution in [2.45, 2.75) is 39.3 Å². The standard InChI is InChI=1S/C26H34N2O4S/c1-5-12-31-17-21(29)15-27(6-2)16-26(30)28-11-9-25-22(10-13-33-25)23(28)18-32-24-8-7-19(3)14-20(24)4/h1,7-8,10,13-14,21,23,29H,6,9,11-12,15-18H2,2-4H3/t21-,23-/m0/s1. The molecule has 0 saturated carbocycles. The molecule has 2 heterocycles. The molecule has 0 unspecified atom stereocenters. The van der Waals surface area contributed by atoms with Crippen LogP contribution in [0.2, 0.25) is 0 Å². The Morgan fingerprint density at radius 1 is 1.39 bits per heavy atom. The molecular weight excluding hydrogens is 436 g/mol. The first-order valence-electron chi connectivity index (χ1n) is 11.4. The Morgan fingerprint density at radius 2 is 2.21 bits per heavy atom. The molecule has 1 amide bonds. The summed E-state index contributed by atoms with van der Waals surface area (Å²) in [6, 6.07) is 8.12. The van der Waals surface area contributed by atoms with Gasteiger partial charge in [-0.1, -0.05) is 30.5 Å². The molecule has 0 spiro atoms. The maximum atomic E-state index is 13.4. The molecule has 178 valence electrons. The lowest BCUT2D eigenvalue weighted by Crippen LogP contribution is -2.48. The van der Waals surface area contributed by atoms with Gasteiger partial charge in [-0.2, -0.15) is 0 Å². The number of ether oxygens (including phenoxy) is 2. The van der Waals surface area contributed by atoms with Crippen molar-refractivity contribution in [1.82, 2.24) is 9.80 Å². The number of carbonyl (C=O) groups excluding carboxylic acids is 1. The zero-order valence-electron chi connectivity index (χ0n) is 19.8. The van der Waals surface area contributed by atoms with Gasteiger partial charge in [-0.15, -0.1) is 17.8 Å². The molecule has 1 aliphatic rings. The largest absolute Gasteiger partial charge is 0.491 e. The molecule has 2 aromatic rings. The van der Waals surface area contributed by atoms with E-state index in [4.69, 9.17) is 15.9 Å². The molecule has 0 fully saturated rings. The van der Waals surface area contributed by atoms with E-state index < -0.39 is 6.10 Å². The molecule has 1 aliphatic heterocycles. The minimum absolute atomic E-state index is 0.0414. The summed E-state index contributed by atoms with van der Waals surface area (Å²) in [5.41, 5.74) is 3.46. The van der Waals surface area contributed by atoms with Crippen LogP contribution in [0, 0.1) is 26.2 Å². The number of rotatable bonds is 11. The van der Waals surface area contributed by atoms with E-state index in [2.05, 4.69) is 30.4 Å². The van der Waals surface area contributed by atoms with Crippen LogP contribution in [0.25, 0.3) is 0 Å². The summed E-state index contributed by atoms with van der Waals surface area (Å²) in [6.07, 6.45) is 5.34. The predicted octanol–water partition coefficient (Wildman–Crippen LogP) is 3.20. The van der Waals surface area contributed by atoms with Crippen LogP contribution in [0.4, 0.5) is 0 Å². The maximum absolute atomic E-state index is 13.4. The first-order chi connectivity index (χ1) is 15.9. The van der Waals surface area contributed by atoms with Crippen molar-refractivity contribution in [2.75, 3.05) is 46.0 Å². The Labute approximate surface area is 201 Å². The number of hydrogen-bond donors (Lipinski definition) is 1. The average Bonchev–Trinajstić information content (AvgIpc) is 3.27. The average molecular weight is 471 g/mol. The Bertz CT molecular complexity index is 967. The Balaban J connectivity index is 1.67. The van der Waals surface area contributed by atoms with E-state index in [0.717, 1.165) is 17.7 Å². The van der Waals surface area contributed by atoms with Crippen molar-refractivity contribution in [1.29, 1.82) is 0 Å². The molecule has 2 atom stereocenters. The number of likely N-dealkylation sites (N-methyl/N-ethyl adjacent to an activating group) is 1. The zero-order chi connectivity index (χ0) is 23.8. The number of aliphatic hydroxyl groups excluding tert-OH is 1. The highest BCUT2D eigenvalue weighted by Gasteiger charge is 2.33. The van der Waals surface area contributed by atoms with Gasteiger partial charge in [-0.3, -0.25) is 9.69 Å². The normalized spacial score (nSPS) is 16.4. The number of benzene rings is 1. The van der Waals surface area contributed by atoms with Gasteiger partial charge in [0.25, 0.3) is 0 Å². The number of terminal acetylenes is 1. The topological polar surface area (TPSA) is 62.2 Å². The van der Waals surface area contributed by atoms with Crippen molar-refractivity contribution in [3.8, 4) is 18.1 Å². The fraction of sp³-hybridized carbons (Fsp3) is 0.500. The second-order valence-electron chi connectivity index (χ2n) is 8.43. The fourth-order valence-corrected chi connectivity index (χ4v) is 5.13. The fourth-order valence-electron chi connectivity index (χ4n) is 4.20. The molecule has 1 aromatic carbocycles. The van der Waals surface area contributed by atoms with Crippen LogP contribution in [0.15, 0.2) is 29.6 Å². The van der Waals surface area contributed by atoms with Gasteiger partial charge in [0.1, 0.15) is 19.0 Å². The number of hydrogen-bond acceptors (Lipinski definition) is 6. The van der Waals surface area contributed by atoms with Crippen molar-refractivity contribution < 1.29 is 19.4 Å². The summed E-state index contributed by atoms with van der Waals surface area (Å²) in [5.74, 6) is 3.28. The molecule has 0 saturated heterocycles. The maximum Gasteiger partial charge on any atom is 0.237 e. The number of amides is 1. The van der Waals surface area contributed by atoms with E-state index in [1.165, 1.54) is 16.0 Å². The van der Waals surface area contributed by atoms with E-state index in [1.807, 2.05) is 35.8 Å². The lowest BCUT2D eigenvalue weighted by molar-refractivity contribution is -0.136. The molecule has 6 nitrogen and oxygen atoms in total. The highest BCUT2D eigenvalue weighted by atomic mass is 32.1. The molecule has 7 heteroatoms. The van der Waals surface area contributed by atoms with Gasteiger partial charge in [-0.25, -0.2) is 0 Å². The number of aliphatic hydroxyl groups is 1. The van der Waals surface area contributed by atoms with Gasteiger partial charge in [0.15, 0.2) is 0 Å². The van der Waals surface area contributed by atoms with Crippen LogP contribution >= 0.6 is 11.3 Å². The smallest absolute Gasteiger partial charge is 0.237 e. The van der Waals surface area contributed by atoms with Gasteiger partial charge in [-0.05, 0) is 55.5 Å². The van der Waals surface area contributed by atoms with Crippen molar-refractivity contribution in [3.05, 3.63) is 51.2 Å². The molecule has 1 aromatic heterocycles. The second-order valence-corrected chi connectivity index (χ2v) is 9.43. The van der Waals surface area contributed by atoms with Crippen LogP contribution < -0.4 is 4.74 Å². The third kappa shape index (κ3) is 6.81. The lowest BCUT2D eigenvalue weighted by Gasteiger charge is -2.37. The Hall–Kier alpha value is -2.37. The van der Waals surface area contributed by atoms with Crippen LogP contribution in [0.3, 0.4) is 0 Å². The third-order valence-corrected chi connectivity index (χ3v) is 6.91. The second kappa shape index (κ2) is 12.2. The minimum Gasteiger partial charge on any atom is -0.491 e. The van der Waals surface area contributed by atoms with Crippen LogP contribution in [-0.4, -0.2) is 72.9 Å². The SMILES string of the molecule is C#CCOC[C@@H](O)CN(CC)CC(=O)N1CCc2sccc2[C@@H]1COc1ccc(C)cc1C. The quantitative estimate of drug-likeness (QED) is 0.404. The van der Waals surface area contributed by atoms with Gasteiger partial charge in [0.2, 0.25) is 5.91 Å². The summed E-state index contributed by atoms with van der Waals surface area (Å²) in [7, 11) is 0. The van der Waals surface area contributed by atoms with Gasteiger partial charge < -0.3 is 19.5 Å². The highest BCUT2D eigenvalue weighted by molar-refractivity contribution is 7.10. The molecule has 0 bridgehead atoms. The van der Waals surface area contributed by atoms with Gasteiger partial charge >= 0.3 is 0 Å². The summed E-state index contributed by atoms with van der Waals surface area (Å²) < 4.78 is 11.4. The number of aryl methyl sites for hydroxylation is 2. The van der Waals surface area contributed by atoms with E-state index in [-0.39, 0.29) is 31.7 Å². The first-order valence-corrected chi connectivity index (χ1v) is 12.3. The molecule has 0 aliphatic carbocycles. The Morgan fingerprint density at radius 3 is 2.94 bits per heavy atom. The van der Waals surface area contributed by atoms with Crippen LogP contribution in [-0.2, 0) is 16.0 Å².